The number of nitrogens with one attached hydrogen (secondary N) is 2. The number of thiophene rings is 1. The first-order valence-electron chi connectivity index (χ1n) is 9.88. The van der Waals surface area contributed by atoms with Crippen molar-refractivity contribution in [2.45, 2.75) is 70.8 Å². The van der Waals surface area contributed by atoms with Crippen LogP contribution in [0.3, 0.4) is 0 Å². The predicted octanol–water partition coefficient (Wildman–Crippen LogP) is 3.36. The minimum atomic E-state index is -0.207. The van der Waals surface area contributed by atoms with Gasteiger partial charge in [0.25, 0.3) is 5.91 Å². The van der Waals surface area contributed by atoms with Gasteiger partial charge in [-0.2, -0.15) is 0 Å². The molecule has 6 nitrogen and oxygen atoms in total. The largest absolute Gasteiger partial charge is 0.352 e. The van der Waals surface area contributed by atoms with Gasteiger partial charge in [0.1, 0.15) is 10.7 Å². The van der Waals surface area contributed by atoms with Crippen molar-refractivity contribution in [3.05, 3.63) is 22.0 Å². The molecule has 7 heteroatoms. The Kier molecular flexibility index (Phi) is 5.12. The topological polar surface area (TPSA) is 84.0 Å². The summed E-state index contributed by atoms with van der Waals surface area (Å²) in [7, 11) is 0. The smallest absolute Gasteiger partial charge is 0.262 e. The Labute approximate surface area is 163 Å². The lowest BCUT2D eigenvalue weighted by Gasteiger charge is -2.22. The Morgan fingerprint density at radius 2 is 1.81 bits per heavy atom. The van der Waals surface area contributed by atoms with E-state index in [9.17, 15) is 9.59 Å². The SMILES string of the molecule is Cc1nc(C2CC2)nc2sc(C(=O)NCC(=O)NC3CCCCC3)c(C)c12. The van der Waals surface area contributed by atoms with Crippen LogP contribution in [0.25, 0.3) is 10.2 Å². The number of rotatable bonds is 5. The average molecular weight is 387 g/mol. The van der Waals surface area contributed by atoms with Crippen LogP contribution in [0.2, 0.25) is 0 Å². The summed E-state index contributed by atoms with van der Waals surface area (Å²) in [5.74, 6) is 1.07. The van der Waals surface area contributed by atoms with Gasteiger partial charge in [-0.1, -0.05) is 19.3 Å². The molecule has 2 N–H and O–H groups in total. The van der Waals surface area contributed by atoms with Crippen molar-refractivity contribution in [3.63, 3.8) is 0 Å². The van der Waals surface area contributed by atoms with Crippen molar-refractivity contribution in [3.8, 4) is 0 Å². The molecule has 27 heavy (non-hydrogen) atoms. The molecule has 2 aromatic rings. The summed E-state index contributed by atoms with van der Waals surface area (Å²) >= 11 is 1.40. The maximum atomic E-state index is 12.6. The minimum absolute atomic E-state index is 0.0149. The first-order valence-corrected chi connectivity index (χ1v) is 10.7. The van der Waals surface area contributed by atoms with Gasteiger partial charge in [-0.15, -0.1) is 11.3 Å². The summed E-state index contributed by atoms with van der Waals surface area (Å²) in [4.78, 5) is 35.6. The maximum absolute atomic E-state index is 12.6. The molecule has 0 saturated heterocycles. The fourth-order valence-electron chi connectivity index (χ4n) is 3.87. The molecule has 0 radical (unpaired) electrons. The molecule has 4 rings (SSSR count). The molecule has 144 valence electrons. The van der Waals surface area contributed by atoms with Crippen LogP contribution >= 0.6 is 11.3 Å². The summed E-state index contributed by atoms with van der Waals surface area (Å²) in [6, 6.07) is 0.257. The molecule has 2 fully saturated rings. The van der Waals surface area contributed by atoms with E-state index in [4.69, 9.17) is 0 Å². The van der Waals surface area contributed by atoms with Gasteiger partial charge in [0.15, 0.2) is 0 Å². The van der Waals surface area contributed by atoms with E-state index >= 15 is 0 Å². The number of aromatic nitrogens is 2. The Morgan fingerprint density at radius 3 is 2.52 bits per heavy atom. The second kappa shape index (κ2) is 7.54. The fourth-order valence-corrected chi connectivity index (χ4v) is 5.02. The molecular formula is C20H26N4O2S. The van der Waals surface area contributed by atoms with Crippen molar-refractivity contribution >= 4 is 33.4 Å². The zero-order valence-electron chi connectivity index (χ0n) is 15.9. The third-order valence-corrected chi connectivity index (χ3v) is 6.70. The first-order chi connectivity index (χ1) is 13.0. The van der Waals surface area contributed by atoms with Gasteiger partial charge in [-0.3, -0.25) is 9.59 Å². The fraction of sp³-hybridized carbons (Fsp3) is 0.600. The number of nitrogens with zero attached hydrogens (tertiary/aromatic N) is 2. The van der Waals surface area contributed by atoms with Gasteiger partial charge in [-0.05, 0) is 45.1 Å². The van der Waals surface area contributed by atoms with E-state index in [1.54, 1.807) is 0 Å². The second-order valence-corrected chi connectivity index (χ2v) is 8.76. The van der Waals surface area contributed by atoms with Crippen LogP contribution in [0.4, 0.5) is 0 Å². The van der Waals surface area contributed by atoms with Crippen molar-refractivity contribution in [2.24, 2.45) is 0 Å². The van der Waals surface area contributed by atoms with Crippen molar-refractivity contribution in [1.29, 1.82) is 0 Å². The molecule has 2 aliphatic rings. The van der Waals surface area contributed by atoms with E-state index in [1.807, 2.05) is 13.8 Å². The van der Waals surface area contributed by atoms with Crippen LogP contribution in [0, 0.1) is 13.8 Å². The third kappa shape index (κ3) is 3.98. The van der Waals surface area contributed by atoms with E-state index in [1.165, 1.54) is 30.6 Å². The highest BCUT2D eigenvalue weighted by molar-refractivity contribution is 7.20. The molecule has 2 saturated carbocycles. The Morgan fingerprint density at radius 1 is 1.07 bits per heavy atom. The molecule has 0 spiro atoms. The van der Waals surface area contributed by atoms with Gasteiger partial charge in [0.2, 0.25) is 5.91 Å². The number of carbonyl (C=O) groups excluding carboxylic acids is 2. The number of fused-ring (bicyclic) bond motifs is 1. The molecule has 2 aromatic heterocycles. The van der Waals surface area contributed by atoms with E-state index in [0.29, 0.717) is 10.8 Å². The predicted molar refractivity (Wildman–Crippen MR) is 106 cm³/mol. The monoisotopic (exact) mass is 386 g/mol. The second-order valence-electron chi connectivity index (χ2n) is 7.76. The molecule has 0 aromatic carbocycles. The Balaban J connectivity index is 1.43. The summed E-state index contributed by atoms with van der Waals surface area (Å²) in [6.07, 6.45) is 7.96. The van der Waals surface area contributed by atoms with E-state index in [0.717, 1.165) is 53.0 Å². The highest BCUT2D eigenvalue weighted by Gasteiger charge is 2.28. The van der Waals surface area contributed by atoms with Crippen LogP contribution in [0.1, 0.15) is 77.6 Å². The van der Waals surface area contributed by atoms with Gasteiger partial charge < -0.3 is 10.6 Å². The van der Waals surface area contributed by atoms with Crippen LogP contribution in [0.15, 0.2) is 0 Å². The Hall–Kier alpha value is -2.02. The number of amides is 2. The number of hydrogen-bond acceptors (Lipinski definition) is 5. The van der Waals surface area contributed by atoms with Crippen LogP contribution in [-0.2, 0) is 4.79 Å². The highest BCUT2D eigenvalue weighted by atomic mass is 32.1. The van der Waals surface area contributed by atoms with Gasteiger partial charge in [0.05, 0.1) is 17.1 Å². The summed E-state index contributed by atoms with van der Waals surface area (Å²) in [5.41, 5.74) is 1.84. The molecule has 0 aliphatic heterocycles. The standard InChI is InChI=1S/C20H26N4O2S/c1-11-16-12(2)22-18(13-8-9-13)24-20(16)27-17(11)19(26)21-10-15(25)23-14-6-4-3-5-7-14/h13-14H,3-10H2,1-2H3,(H,21,26)(H,23,25). The molecule has 2 amide bonds. The van der Waals surface area contributed by atoms with Crippen molar-refractivity contribution in [1.82, 2.24) is 20.6 Å². The average Bonchev–Trinajstić information content (AvgIpc) is 3.44. The van der Waals surface area contributed by atoms with Crippen LogP contribution < -0.4 is 10.6 Å². The van der Waals surface area contributed by atoms with Gasteiger partial charge in [-0.25, -0.2) is 9.97 Å². The lowest BCUT2D eigenvalue weighted by Crippen LogP contribution is -2.42. The van der Waals surface area contributed by atoms with Gasteiger partial charge in [0, 0.05) is 17.3 Å². The third-order valence-electron chi connectivity index (χ3n) is 5.52. The number of aryl methyl sites for hydroxylation is 2. The quantitative estimate of drug-likeness (QED) is 0.825. The molecular weight excluding hydrogens is 360 g/mol. The zero-order chi connectivity index (χ0) is 19.0. The lowest BCUT2D eigenvalue weighted by molar-refractivity contribution is -0.121. The molecule has 0 bridgehead atoms. The Bertz CT molecular complexity index is 882. The van der Waals surface area contributed by atoms with E-state index in [-0.39, 0.29) is 24.4 Å². The number of carbonyl (C=O) groups is 2. The zero-order valence-corrected chi connectivity index (χ0v) is 16.7. The summed E-state index contributed by atoms with van der Waals surface area (Å²) in [6.45, 7) is 3.93. The summed E-state index contributed by atoms with van der Waals surface area (Å²) in [5, 5.41) is 6.77. The minimum Gasteiger partial charge on any atom is -0.352 e. The molecule has 2 heterocycles. The first kappa shape index (κ1) is 18.3. The molecule has 2 aliphatic carbocycles. The van der Waals surface area contributed by atoms with E-state index < -0.39 is 0 Å². The normalized spacial score (nSPS) is 17.9. The highest BCUT2D eigenvalue weighted by Crippen LogP contribution is 2.40. The van der Waals surface area contributed by atoms with Crippen molar-refractivity contribution in [2.75, 3.05) is 6.54 Å². The van der Waals surface area contributed by atoms with Crippen molar-refractivity contribution < 1.29 is 9.59 Å². The van der Waals surface area contributed by atoms with Crippen LogP contribution in [0.5, 0.6) is 0 Å². The molecule has 0 atom stereocenters. The lowest BCUT2D eigenvalue weighted by atomic mass is 9.95. The summed E-state index contributed by atoms with van der Waals surface area (Å²) < 4.78 is 0. The van der Waals surface area contributed by atoms with E-state index in [2.05, 4.69) is 20.6 Å². The van der Waals surface area contributed by atoms with Crippen LogP contribution in [-0.4, -0.2) is 34.4 Å². The molecule has 0 unspecified atom stereocenters. The number of hydrogen-bond donors (Lipinski definition) is 2. The maximum Gasteiger partial charge on any atom is 0.262 e. The van der Waals surface area contributed by atoms with Gasteiger partial charge >= 0.3 is 0 Å².